The zero-order valence-corrected chi connectivity index (χ0v) is 17.8. The van der Waals surface area contributed by atoms with E-state index in [1.807, 2.05) is 25.1 Å². The Bertz CT molecular complexity index is 764. The molecule has 2 unspecified atom stereocenters. The van der Waals surface area contributed by atoms with E-state index in [1.54, 1.807) is 40.8 Å². The zero-order chi connectivity index (χ0) is 20.7. The summed E-state index contributed by atoms with van der Waals surface area (Å²) >= 11 is 0. The van der Waals surface area contributed by atoms with Crippen molar-refractivity contribution in [3.8, 4) is 0 Å². The van der Waals surface area contributed by atoms with E-state index in [0.717, 1.165) is 10.6 Å². The van der Waals surface area contributed by atoms with Crippen molar-refractivity contribution < 1.29 is 19.2 Å². The first-order chi connectivity index (χ1) is 13.3. The Hall–Kier alpha value is -2.06. The van der Waals surface area contributed by atoms with E-state index in [9.17, 15) is 14.4 Å². The second-order valence-corrected chi connectivity index (χ2v) is 9.02. The summed E-state index contributed by atoms with van der Waals surface area (Å²) in [6, 6.07) is 5.77. The fourth-order valence-electron chi connectivity index (χ4n) is 2.65. The van der Waals surface area contributed by atoms with Crippen molar-refractivity contribution in [2.45, 2.75) is 50.3 Å². The lowest BCUT2D eigenvalue weighted by Gasteiger charge is -2.21. The number of hydroxylamine groups is 2. The van der Waals surface area contributed by atoms with Crippen molar-refractivity contribution in [1.29, 1.82) is 0 Å². The summed E-state index contributed by atoms with van der Waals surface area (Å²) in [7, 11) is 3.24. The van der Waals surface area contributed by atoms with Crippen LogP contribution < -0.4 is 0 Å². The van der Waals surface area contributed by atoms with Crippen LogP contribution >= 0.6 is 21.6 Å². The normalized spacial score (nSPS) is 16.8. The van der Waals surface area contributed by atoms with Crippen LogP contribution in [0.1, 0.15) is 40.0 Å². The number of allylic oxidation sites excluding steroid dienone is 1. The van der Waals surface area contributed by atoms with Crippen molar-refractivity contribution in [3.05, 3.63) is 48.2 Å². The average Bonchev–Trinajstić information content (AvgIpc) is 2.99. The summed E-state index contributed by atoms with van der Waals surface area (Å²) < 4.78 is 0. The minimum absolute atomic E-state index is 0.0757. The molecule has 0 spiro atoms. The second kappa shape index (κ2) is 10.5. The molecule has 0 N–H and O–H groups in total. The Balaban J connectivity index is 1.88. The summed E-state index contributed by atoms with van der Waals surface area (Å²) in [5.74, 6) is -1.79. The first-order valence-electron chi connectivity index (χ1n) is 8.99. The first-order valence-corrected chi connectivity index (χ1v) is 11.2. The van der Waals surface area contributed by atoms with Gasteiger partial charge in [-0.2, -0.15) is 0 Å². The molecule has 1 fully saturated rings. The number of hydrogen-bond acceptors (Lipinski definition) is 7. The van der Waals surface area contributed by atoms with Crippen LogP contribution in [-0.4, -0.2) is 33.1 Å². The van der Waals surface area contributed by atoms with Gasteiger partial charge in [-0.25, -0.2) is 9.78 Å². The van der Waals surface area contributed by atoms with Gasteiger partial charge in [-0.1, -0.05) is 42.0 Å². The van der Waals surface area contributed by atoms with Crippen LogP contribution in [0.4, 0.5) is 0 Å². The predicted molar refractivity (Wildman–Crippen MR) is 111 cm³/mol. The van der Waals surface area contributed by atoms with Gasteiger partial charge in [0.05, 0.1) is 0 Å². The predicted octanol–water partition coefficient (Wildman–Crippen LogP) is 4.35. The molecule has 2 rings (SSSR count). The summed E-state index contributed by atoms with van der Waals surface area (Å²) in [6.45, 7) is 9.85. The number of amides is 2. The van der Waals surface area contributed by atoms with Gasteiger partial charge >= 0.3 is 5.97 Å². The number of imide groups is 1. The van der Waals surface area contributed by atoms with Crippen LogP contribution in [0.5, 0.6) is 0 Å². The highest BCUT2D eigenvalue weighted by atomic mass is 33.1. The molecular formula is C20H24N2O4S2. The molecule has 1 aromatic rings. The van der Waals surface area contributed by atoms with Crippen molar-refractivity contribution in [2.75, 3.05) is 0 Å². The van der Waals surface area contributed by atoms with Gasteiger partial charge in [0.25, 0.3) is 11.8 Å². The molecule has 1 aliphatic rings. The number of nitrogens with zero attached hydrogens (tertiary/aromatic N) is 2. The molecule has 28 heavy (non-hydrogen) atoms. The maximum atomic E-state index is 12.4. The second-order valence-electron chi connectivity index (χ2n) is 6.46. The zero-order valence-electron chi connectivity index (χ0n) is 16.2. The molecule has 0 aromatic carbocycles. The molecule has 2 atom stereocenters. The minimum Gasteiger partial charge on any atom is -0.325 e. The molecular weight excluding hydrogens is 396 g/mol. The van der Waals surface area contributed by atoms with Gasteiger partial charge in [0.15, 0.2) is 0 Å². The van der Waals surface area contributed by atoms with Gasteiger partial charge in [-0.05, 0) is 49.1 Å². The summed E-state index contributed by atoms with van der Waals surface area (Å²) in [5, 5.41) is 1.67. The third kappa shape index (κ3) is 5.97. The smallest absolute Gasteiger partial charge is 0.325 e. The molecule has 0 saturated carbocycles. The van der Waals surface area contributed by atoms with E-state index < -0.39 is 17.8 Å². The first kappa shape index (κ1) is 22.2. The fraction of sp³-hybridized carbons (Fsp3) is 0.400. The molecule has 150 valence electrons. The quantitative estimate of drug-likeness (QED) is 0.254. The SMILES string of the molecule is C=C(CC(C)/C(=C\C)C(=O)ON1C(=O)CCC1=O)C(C)SSc1ccccn1. The summed E-state index contributed by atoms with van der Waals surface area (Å²) in [5.41, 5.74) is 1.41. The standard InChI is InChI=1S/C20H24N2O4S2/c1-5-16(20(25)26-22-18(23)9-10-19(22)24)14(3)12-13(2)15(4)27-28-17-8-6-7-11-21-17/h5-8,11,14-15H,2,9-10,12H2,1,3-4H3/b16-5+. The van der Waals surface area contributed by atoms with E-state index in [0.29, 0.717) is 17.1 Å². The molecule has 0 aliphatic carbocycles. The number of carbonyl (C=O) groups is 3. The number of aromatic nitrogens is 1. The molecule has 1 aromatic heterocycles. The monoisotopic (exact) mass is 420 g/mol. The Labute approximate surface area is 173 Å². The molecule has 1 aliphatic heterocycles. The highest BCUT2D eigenvalue weighted by molar-refractivity contribution is 8.77. The van der Waals surface area contributed by atoms with Gasteiger partial charge in [0.2, 0.25) is 0 Å². The van der Waals surface area contributed by atoms with Gasteiger partial charge in [0.1, 0.15) is 5.03 Å². The Morgan fingerprint density at radius 3 is 2.57 bits per heavy atom. The van der Waals surface area contributed by atoms with Crippen molar-refractivity contribution in [3.63, 3.8) is 0 Å². The van der Waals surface area contributed by atoms with Crippen molar-refractivity contribution >= 4 is 39.4 Å². The Kier molecular flexibility index (Phi) is 8.32. The molecule has 8 heteroatoms. The third-order valence-electron chi connectivity index (χ3n) is 4.32. The highest BCUT2D eigenvalue weighted by Crippen LogP contribution is 2.37. The van der Waals surface area contributed by atoms with E-state index in [4.69, 9.17) is 4.84 Å². The lowest BCUT2D eigenvalue weighted by molar-refractivity contribution is -0.194. The topological polar surface area (TPSA) is 76.6 Å². The van der Waals surface area contributed by atoms with Crippen LogP contribution in [0, 0.1) is 5.92 Å². The molecule has 2 heterocycles. The minimum atomic E-state index is -0.672. The van der Waals surface area contributed by atoms with Crippen molar-refractivity contribution in [2.24, 2.45) is 5.92 Å². The average molecular weight is 421 g/mol. The van der Waals surface area contributed by atoms with Crippen LogP contribution in [-0.2, 0) is 19.2 Å². The van der Waals surface area contributed by atoms with Gasteiger partial charge in [0, 0.05) is 29.9 Å². The Morgan fingerprint density at radius 1 is 1.32 bits per heavy atom. The van der Waals surface area contributed by atoms with Crippen molar-refractivity contribution in [1.82, 2.24) is 10.0 Å². The molecule has 0 radical (unpaired) electrons. The highest BCUT2D eigenvalue weighted by Gasteiger charge is 2.34. The van der Waals surface area contributed by atoms with E-state index >= 15 is 0 Å². The molecule has 1 saturated heterocycles. The van der Waals surface area contributed by atoms with Gasteiger partial charge in [-0.3, -0.25) is 9.59 Å². The van der Waals surface area contributed by atoms with Crippen LogP contribution in [0.2, 0.25) is 0 Å². The van der Waals surface area contributed by atoms with Gasteiger partial charge < -0.3 is 4.84 Å². The Morgan fingerprint density at radius 2 is 2.00 bits per heavy atom. The lowest BCUT2D eigenvalue weighted by Crippen LogP contribution is -2.33. The summed E-state index contributed by atoms with van der Waals surface area (Å²) in [4.78, 5) is 45.0. The maximum absolute atomic E-state index is 12.4. The van der Waals surface area contributed by atoms with Gasteiger partial charge in [-0.15, -0.1) is 5.06 Å². The number of pyridine rings is 1. The van der Waals surface area contributed by atoms with E-state index in [-0.39, 0.29) is 24.0 Å². The molecule has 6 nitrogen and oxygen atoms in total. The lowest BCUT2D eigenvalue weighted by atomic mass is 9.93. The molecule has 0 bridgehead atoms. The fourth-order valence-corrected chi connectivity index (χ4v) is 4.80. The van der Waals surface area contributed by atoms with Crippen LogP contribution in [0.15, 0.2) is 53.2 Å². The maximum Gasteiger partial charge on any atom is 0.359 e. The number of hydrogen-bond donors (Lipinski definition) is 0. The molecule has 2 amide bonds. The van der Waals surface area contributed by atoms with E-state index in [1.165, 1.54) is 0 Å². The largest absolute Gasteiger partial charge is 0.359 e. The van der Waals surface area contributed by atoms with Crippen LogP contribution in [0.25, 0.3) is 0 Å². The summed E-state index contributed by atoms with van der Waals surface area (Å²) in [6.07, 6.45) is 4.16. The number of carbonyl (C=O) groups excluding carboxylic acids is 3. The van der Waals surface area contributed by atoms with Crippen LogP contribution in [0.3, 0.4) is 0 Å². The number of rotatable bonds is 9. The van der Waals surface area contributed by atoms with E-state index in [2.05, 4.69) is 18.5 Å². The third-order valence-corrected chi connectivity index (χ3v) is 7.11.